The van der Waals surface area contributed by atoms with Crippen molar-refractivity contribution in [2.75, 3.05) is 26.8 Å². The Morgan fingerprint density at radius 1 is 1.11 bits per heavy atom. The highest BCUT2D eigenvalue weighted by atomic mass is 32.2. The van der Waals surface area contributed by atoms with Crippen LogP contribution in [0.1, 0.15) is 18.4 Å². The summed E-state index contributed by atoms with van der Waals surface area (Å²) in [5.41, 5.74) is 1.18. The van der Waals surface area contributed by atoms with Gasteiger partial charge in [0.05, 0.1) is 12.9 Å². The van der Waals surface area contributed by atoms with Gasteiger partial charge in [-0.2, -0.15) is 8.42 Å². The Balaban J connectivity index is 2.22. The van der Waals surface area contributed by atoms with Gasteiger partial charge in [-0.3, -0.25) is 4.18 Å². The lowest BCUT2D eigenvalue weighted by atomic mass is 10.1. The van der Waals surface area contributed by atoms with Crippen molar-refractivity contribution in [1.82, 2.24) is 0 Å². The molecule has 0 spiro atoms. The van der Waals surface area contributed by atoms with Gasteiger partial charge in [0.1, 0.15) is 5.75 Å². The van der Waals surface area contributed by atoms with Crippen LogP contribution in [0.3, 0.4) is 0 Å². The van der Waals surface area contributed by atoms with E-state index < -0.39 is 10.1 Å². The minimum atomic E-state index is -3.31. The summed E-state index contributed by atoms with van der Waals surface area (Å²) in [6, 6.07) is 7.76. The van der Waals surface area contributed by atoms with Crippen molar-refractivity contribution in [3.63, 3.8) is 0 Å². The third-order valence-electron chi connectivity index (χ3n) is 2.42. The molecule has 0 unspecified atom stereocenters. The summed E-state index contributed by atoms with van der Waals surface area (Å²) < 4.78 is 36.2. The average Bonchev–Trinajstić information content (AvgIpc) is 2.36. The van der Waals surface area contributed by atoms with E-state index in [0.29, 0.717) is 0 Å². The molecule has 0 aliphatic rings. The van der Waals surface area contributed by atoms with Crippen molar-refractivity contribution < 1.29 is 22.1 Å². The quantitative estimate of drug-likeness (QED) is 0.395. The van der Waals surface area contributed by atoms with Gasteiger partial charge in [-0.15, -0.1) is 0 Å². The number of ether oxygens (including phenoxy) is 2. The van der Waals surface area contributed by atoms with Crippen LogP contribution in [0.25, 0.3) is 0 Å². The lowest BCUT2D eigenvalue weighted by Gasteiger charge is -2.06. The van der Waals surface area contributed by atoms with Crippen LogP contribution in [0.2, 0.25) is 0 Å². The summed E-state index contributed by atoms with van der Waals surface area (Å²) in [6.07, 6.45) is 3.55. The molecule has 0 heterocycles. The van der Waals surface area contributed by atoms with Crippen molar-refractivity contribution in [3.8, 4) is 5.75 Å². The summed E-state index contributed by atoms with van der Waals surface area (Å²) in [5.74, 6) is 0.769. The van der Waals surface area contributed by atoms with E-state index in [0.717, 1.165) is 31.3 Å². The SMILES string of the molecule is COCOc1ccc(CCCCOS(C)(=O)=O)cc1. The molecule has 0 bridgehead atoms. The van der Waals surface area contributed by atoms with Crippen molar-refractivity contribution >= 4 is 10.1 Å². The number of unbranched alkanes of at least 4 members (excludes halogenated alkanes) is 1. The van der Waals surface area contributed by atoms with Gasteiger partial charge in [-0.05, 0) is 37.0 Å². The van der Waals surface area contributed by atoms with Gasteiger partial charge >= 0.3 is 0 Å². The maximum absolute atomic E-state index is 10.7. The van der Waals surface area contributed by atoms with Gasteiger partial charge in [0.25, 0.3) is 10.1 Å². The van der Waals surface area contributed by atoms with Crippen LogP contribution in [0.4, 0.5) is 0 Å². The van der Waals surface area contributed by atoms with E-state index >= 15 is 0 Å². The Bertz CT molecular complexity index is 452. The first kappa shape index (κ1) is 15.9. The Morgan fingerprint density at radius 2 is 1.79 bits per heavy atom. The predicted octanol–water partition coefficient (Wildman–Crippen LogP) is 1.97. The molecule has 1 aromatic carbocycles. The zero-order valence-corrected chi connectivity index (χ0v) is 12.1. The molecule has 1 aromatic rings. The molecule has 0 fully saturated rings. The molecule has 6 heteroatoms. The van der Waals surface area contributed by atoms with E-state index in [1.807, 2.05) is 24.3 Å². The molecule has 5 nitrogen and oxygen atoms in total. The largest absolute Gasteiger partial charge is 0.468 e. The number of benzene rings is 1. The van der Waals surface area contributed by atoms with E-state index in [4.69, 9.17) is 9.47 Å². The summed E-state index contributed by atoms with van der Waals surface area (Å²) in [4.78, 5) is 0. The molecule has 0 radical (unpaired) electrons. The molecule has 1 rings (SSSR count). The molecule has 108 valence electrons. The summed E-state index contributed by atoms with van der Waals surface area (Å²) in [5, 5.41) is 0. The van der Waals surface area contributed by atoms with Crippen molar-refractivity contribution in [3.05, 3.63) is 29.8 Å². The van der Waals surface area contributed by atoms with Crippen LogP contribution < -0.4 is 4.74 Å². The maximum atomic E-state index is 10.7. The van der Waals surface area contributed by atoms with E-state index in [-0.39, 0.29) is 13.4 Å². The van der Waals surface area contributed by atoms with E-state index in [9.17, 15) is 8.42 Å². The first-order valence-electron chi connectivity index (χ1n) is 6.06. The minimum Gasteiger partial charge on any atom is -0.468 e. The number of hydrogen-bond acceptors (Lipinski definition) is 5. The predicted molar refractivity (Wildman–Crippen MR) is 72.7 cm³/mol. The van der Waals surface area contributed by atoms with E-state index in [2.05, 4.69) is 4.18 Å². The maximum Gasteiger partial charge on any atom is 0.264 e. The van der Waals surface area contributed by atoms with Gasteiger partial charge < -0.3 is 9.47 Å². The number of rotatable bonds is 9. The van der Waals surface area contributed by atoms with Gasteiger partial charge in [0, 0.05) is 7.11 Å². The van der Waals surface area contributed by atoms with E-state index in [1.54, 1.807) is 7.11 Å². The minimum absolute atomic E-state index is 0.238. The average molecular weight is 288 g/mol. The standard InChI is InChI=1S/C13H20O5S/c1-16-11-17-13-8-6-12(7-9-13)5-3-4-10-18-19(2,14)15/h6-9H,3-5,10-11H2,1-2H3. The molecule has 0 atom stereocenters. The topological polar surface area (TPSA) is 61.8 Å². The molecule has 0 saturated heterocycles. The fraction of sp³-hybridized carbons (Fsp3) is 0.538. The van der Waals surface area contributed by atoms with Crippen LogP contribution >= 0.6 is 0 Å². The molecule has 0 aliphatic carbocycles. The Hall–Kier alpha value is -1.11. The summed E-state index contributed by atoms with van der Waals surface area (Å²) in [7, 11) is -1.74. The lowest BCUT2D eigenvalue weighted by molar-refractivity contribution is 0.0511. The smallest absolute Gasteiger partial charge is 0.264 e. The Kier molecular flexibility index (Phi) is 6.83. The van der Waals surface area contributed by atoms with Crippen molar-refractivity contribution in [2.24, 2.45) is 0 Å². The van der Waals surface area contributed by atoms with Crippen LogP contribution in [0, 0.1) is 0 Å². The fourth-order valence-electron chi connectivity index (χ4n) is 1.52. The Labute approximate surface area is 114 Å². The summed E-state index contributed by atoms with van der Waals surface area (Å²) in [6.45, 7) is 0.482. The van der Waals surface area contributed by atoms with Crippen molar-refractivity contribution in [1.29, 1.82) is 0 Å². The normalized spacial score (nSPS) is 11.5. The molecule has 0 aromatic heterocycles. The van der Waals surface area contributed by atoms with Gasteiger partial charge in [-0.1, -0.05) is 12.1 Å². The first-order chi connectivity index (χ1) is 9.01. The van der Waals surface area contributed by atoms with E-state index in [1.165, 1.54) is 5.56 Å². The third kappa shape index (κ3) is 7.81. The van der Waals surface area contributed by atoms with Gasteiger partial charge in [0.15, 0.2) is 6.79 Å². The second-order valence-corrected chi connectivity index (χ2v) is 5.82. The van der Waals surface area contributed by atoms with Crippen LogP contribution in [-0.4, -0.2) is 35.2 Å². The van der Waals surface area contributed by atoms with Crippen LogP contribution in [0.15, 0.2) is 24.3 Å². The molecule has 0 N–H and O–H groups in total. The lowest BCUT2D eigenvalue weighted by Crippen LogP contribution is -2.04. The molecule has 0 amide bonds. The highest BCUT2D eigenvalue weighted by Gasteiger charge is 2.01. The second kappa shape index (κ2) is 8.14. The van der Waals surface area contributed by atoms with Crippen LogP contribution in [-0.2, 0) is 25.5 Å². The Morgan fingerprint density at radius 3 is 2.37 bits per heavy atom. The number of hydrogen-bond donors (Lipinski definition) is 0. The first-order valence-corrected chi connectivity index (χ1v) is 7.88. The molecule has 0 saturated carbocycles. The monoisotopic (exact) mass is 288 g/mol. The number of aryl methyl sites for hydroxylation is 1. The molecule has 19 heavy (non-hydrogen) atoms. The zero-order chi connectivity index (χ0) is 14.1. The molecule has 0 aliphatic heterocycles. The fourth-order valence-corrected chi connectivity index (χ4v) is 1.94. The second-order valence-electron chi connectivity index (χ2n) is 4.18. The zero-order valence-electron chi connectivity index (χ0n) is 11.3. The van der Waals surface area contributed by atoms with Crippen LogP contribution in [0.5, 0.6) is 5.75 Å². The highest BCUT2D eigenvalue weighted by Crippen LogP contribution is 2.14. The highest BCUT2D eigenvalue weighted by molar-refractivity contribution is 7.85. The third-order valence-corrected chi connectivity index (χ3v) is 3.02. The summed E-state index contributed by atoms with van der Waals surface area (Å²) >= 11 is 0. The molecular weight excluding hydrogens is 268 g/mol. The van der Waals surface area contributed by atoms with Gasteiger partial charge in [-0.25, -0.2) is 0 Å². The van der Waals surface area contributed by atoms with Gasteiger partial charge in [0.2, 0.25) is 0 Å². The molecular formula is C13H20O5S. The van der Waals surface area contributed by atoms with Crippen molar-refractivity contribution in [2.45, 2.75) is 19.3 Å². The number of methoxy groups -OCH3 is 1.